The molecule has 0 aliphatic carbocycles. The van der Waals surface area contributed by atoms with Crippen LogP contribution in [-0.4, -0.2) is 42.5 Å². The Morgan fingerprint density at radius 2 is 2.00 bits per heavy atom. The lowest BCUT2D eigenvalue weighted by atomic mass is 10.1. The molecule has 0 saturated heterocycles. The van der Waals surface area contributed by atoms with Gasteiger partial charge in [-0.05, 0) is 43.3 Å². The molecule has 140 valence electrons. The monoisotopic (exact) mass is 366 g/mol. The lowest BCUT2D eigenvalue weighted by Gasteiger charge is -2.31. The number of fused-ring (bicyclic) bond motifs is 1. The largest absolute Gasteiger partial charge is 0.486 e. The van der Waals surface area contributed by atoms with Crippen molar-refractivity contribution in [2.75, 3.05) is 25.0 Å². The molecule has 1 heterocycles. The zero-order chi connectivity index (χ0) is 19.2. The molecule has 1 aliphatic rings. The minimum Gasteiger partial charge on any atom is -0.486 e. The summed E-state index contributed by atoms with van der Waals surface area (Å²) in [4.78, 5) is 26.1. The number of hydrogen-bond donors (Lipinski definition) is 1. The van der Waals surface area contributed by atoms with Crippen LogP contribution in [0.2, 0.25) is 0 Å². The van der Waals surface area contributed by atoms with Crippen LogP contribution in [-0.2, 0) is 4.79 Å². The third kappa shape index (κ3) is 4.47. The van der Waals surface area contributed by atoms with Crippen LogP contribution in [0.3, 0.4) is 0 Å². The second-order valence-corrected chi connectivity index (χ2v) is 6.12. The van der Waals surface area contributed by atoms with Crippen molar-refractivity contribution in [3.63, 3.8) is 0 Å². The molecule has 2 aromatic rings. The Hall–Kier alpha value is -3.28. The molecular formula is C21H22N2O4. The molecule has 0 bridgehead atoms. The summed E-state index contributed by atoms with van der Waals surface area (Å²) in [5.41, 5.74) is 1.05. The van der Waals surface area contributed by atoms with E-state index in [0.29, 0.717) is 42.4 Å². The van der Waals surface area contributed by atoms with Crippen LogP contribution in [0.5, 0.6) is 11.5 Å². The Kier molecular flexibility index (Phi) is 5.76. The SMILES string of the molecule is C=CC(=O)Nc1cccc(C(=O)N(CC)CC2COc3ccccc3O2)c1. The number of para-hydroxylation sites is 2. The van der Waals surface area contributed by atoms with E-state index in [1.165, 1.54) is 6.08 Å². The summed E-state index contributed by atoms with van der Waals surface area (Å²) in [5, 5.41) is 2.66. The van der Waals surface area contributed by atoms with E-state index in [2.05, 4.69) is 11.9 Å². The first-order valence-corrected chi connectivity index (χ1v) is 8.82. The van der Waals surface area contributed by atoms with Crippen LogP contribution in [0.4, 0.5) is 5.69 Å². The summed E-state index contributed by atoms with van der Waals surface area (Å²) in [5.74, 6) is 0.952. The predicted molar refractivity (Wildman–Crippen MR) is 103 cm³/mol. The van der Waals surface area contributed by atoms with Crippen LogP contribution in [0.15, 0.2) is 61.2 Å². The molecule has 0 saturated carbocycles. The maximum atomic E-state index is 12.9. The van der Waals surface area contributed by atoms with Crippen molar-refractivity contribution < 1.29 is 19.1 Å². The van der Waals surface area contributed by atoms with Crippen molar-refractivity contribution in [2.45, 2.75) is 13.0 Å². The summed E-state index contributed by atoms with van der Waals surface area (Å²) in [6.07, 6.45) is 0.943. The first kappa shape index (κ1) is 18.5. The normalized spacial score (nSPS) is 14.9. The number of rotatable bonds is 6. The van der Waals surface area contributed by atoms with E-state index in [0.717, 1.165) is 0 Å². The van der Waals surface area contributed by atoms with Crippen LogP contribution < -0.4 is 14.8 Å². The molecule has 2 amide bonds. The van der Waals surface area contributed by atoms with Gasteiger partial charge in [0.2, 0.25) is 5.91 Å². The van der Waals surface area contributed by atoms with Gasteiger partial charge in [-0.1, -0.05) is 24.8 Å². The van der Waals surface area contributed by atoms with Crippen molar-refractivity contribution in [3.8, 4) is 11.5 Å². The van der Waals surface area contributed by atoms with Crippen molar-refractivity contribution in [3.05, 3.63) is 66.7 Å². The number of carbonyl (C=O) groups is 2. The van der Waals surface area contributed by atoms with Crippen LogP contribution >= 0.6 is 0 Å². The summed E-state index contributed by atoms with van der Waals surface area (Å²) < 4.78 is 11.7. The number of likely N-dealkylation sites (N-methyl/N-ethyl adjacent to an activating group) is 1. The molecule has 3 rings (SSSR count). The van der Waals surface area contributed by atoms with Crippen LogP contribution in [0, 0.1) is 0 Å². The third-order valence-corrected chi connectivity index (χ3v) is 4.22. The molecule has 1 unspecified atom stereocenters. The molecule has 0 fully saturated rings. The van der Waals surface area contributed by atoms with E-state index in [-0.39, 0.29) is 17.9 Å². The van der Waals surface area contributed by atoms with Gasteiger partial charge in [0.05, 0.1) is 6.54 Å². The predicted octanol–water partition coefficient (Wildman–Crippen LogP) is 3.11. The zero-order valence-electron chi connectivity index (χ0n) is 15.2. The third-order valence-electron chi connectivity index (χ3n) is 4.22. The molecule has 1 atom stereocenters. The minimum atomic E-state index is -0.321. The molecular weight excluding hydrogens is 344 g/mol. The lowest BCUT2D eigenvalue weighted by Crippen LogP contribution is -2.43. The fourth-order valence-electron chi connectivity index (χ4n) is 2.86. The topological polar surface area (TPSA) is 67.9 Å². The quantitative estimate of drug-likeness (QED) is 0.798. The first-order valence-electron chi connectivity index (χ1n) is 8.82. The van der Waals surface area contributed by atoms with E-state index < -0.39 is 0 Å². The summed E-state index contributed by atoms with van der Waals surface area (Å²) in [6, 6.07) is 14.3. The standard InChI is InChI=1S/C21H22N2O4/c1-3-20(24)22-16-9-7-8-15(12-16)21(25)23(4-2)13-17-14-26-18-10-5-6-11-19(18)27-17/h3,5-12,17H,1,4,13-14H2,2H3,(H,22,24). The average molecular weight is 366 g/mol. The Bertz CT molecular complexity index is 850. The van der Waals surface area contributed by atoms with Crippen molar-refractivity contribution in [1.29, 1.82) is 0 Å². The van der Waals surface area contributed by atoms with Crippen LogP contribution in [0.25, 0.3) is 0 Å². The summed E-state index contributed by atoms with van der Waals surface area (Å²) in [6.45, 7) is 6.67. The maximum absolute atomic E-state index is 12.9. The molecule has 27 heavy (non-hydrogen) atoms. The van der Waals surface area contributed by atoms with E-state index in [1.807, 2.05) is 31.2 Å². The Balaban J connectivity index is 1.69. The van der Waals surface area contributed by atoms with Gasteiger partial charge in [0.25, 0.3) is 5.91 Å². The average Bonchev–Trinajstić information content (AvgIpc) is 2.71. The zero-order valence-corrected chi connectivity index (χ0v) is 15.2. The van der Waals surface area contributed by atoms with Crippen molar-refractivity contribution in [1.82, 2.24) is 4.90 Å². The fraction of sp³-hybridized carbons (Fsp3) is 0.238. The van der Waals surface area contributed by atoms with Crippen LogP contribution in [0.1, 0.15) is 17.3 Å². The number of nitrogens with zero attached hydrogens (tertiary/aromatic N) is 1. The first-order chi connectivity index (χ1) is 13.1. The highest BCUT2D eigenvalue weighted by Gasteiger charge is 2.25. The Morgan fingerprint density at radius 3 is 2.74 bits per heavy atom. The molecule has 2 aromatic carbocycles. The van der Waals surface area contributed by atoms with E-state index in [4.69, 9.17) is 9.47 Å². The highest BCUT2D eigenvalue weighted by atomic mass is 16.6. The molecule has 1 aliphatic heterocycles. The van der Waals surface area contributed by atoms with Gasteiger partial charge in [0.1, 0.15) is 6.61 Å². The van der Waals surface area contributed by atoms with Gasteiger partial charge in [-0.25, -0.2) is 0 Å². The smallest absolute Gasteiger partial charge is 0.254 e. The van der Waals surface area contributed by atoms with Crippen molar-refractivity contribution >= 4 is 17.5 Å². The van der Waals surface area contributed by atoms with E-state index >= 15 is 0 Å². The number of hydrogen-bond acceptors (Lipinski definition) is 4. The summed E-state index contributed by atoms with van der Waals surface area (Å²) in [7, 11) is 0. The number of ether oxygens (including phenoxy) is 2. The highest BCUT2D eigenvalue weighted by molar-refractivity contribution is 6.00. The molecule has 0 aromatic heterocycles. The number of benzene rings is 2. The fourth-order valence-corrected chi connectivity index (χ4v) is 2.86. The Morgan fingerprint density at radius 1 is 1.22 bits per heavy atom. The minimum absolute atomic E-state index is 0.130. The van der Waals surface area contributed by atoms with Gasteiger partial charge in [0.15, 0.2) is 17.6 Å². The van der Waals surface area contributed by atoms with Gasteiger partial charge < -0.3 is 19.7 Å². The van der Waals surface area contributed by atoms with Gasteiger partial charge in [0, 0.05) is 17.8 Å². The van der Waals surface area contributed by atoms with Gasteiger partial charge in [-0.3, -0.25) is 9.59 Å². The maximum Gasteiger partial charge on any atom is 0.254 e. The Labute approximate surface area is 158 Å². The van der Waals surface area contributed by atoms with Gasteiger partial charge >= 0.3 is 0 Å². The highest BCUT2D eigenvalue weighted by Crippen LogP contribution is 2.31. The second-order valence-electron chi connectivity index (χ2n) is 6.12. The molecule has 1 N–H and O–H groups in total. The van der Waals surface area contributed by atoms with Gasteiger partial charge in [-0.15, -0.1) is 0 Å². The number of amides is 2. The van der Waals surface area contributed by atoms with Gasteiger partial charge in [-0.2, -0.15) is 0 Å². The number of nitrogens with one attached hydrogen (secondary N) is 1. The van der Waals surface area contributed by atoms with E-state index in [9.17, 15) is 9.59 Å². The molecule has 6 nitrogen and oxygen atoms in total. The van der Waals surface area contributed by atoms with Crippen molar-refractivity contribution in [2.24, 2.45) is 0 Å². The number of anilines is 1. The summed E-state index contributed by atoms with van der Waals surface area (Å²) >= 11 is 0. The number of carbonyl (C=O) groups excluding carboxylic acids is 2. The second kappa shape index (κ2) is 8.40. The lowest BCUT2D eigenvalue weighted by molar-refractivity contribution is -0.111. The molecule has 6 heteroatoms. The van der Waals surface area contributed by atoms with E-state index in [1.54, 1.807) is 29.2 Å². The molecule has 0 radical (unpaired) electrons. The molecule has 0 spiro atoms.